The second kappa shape index (κ2) is 10.9. The topological polar surface area (TPSA) is 102 Å². The number of nitrogens with zero attached hydrogens (tertiary/aromatic N) is 2. The van der Waals surface area contributed by atoms with Gasteiger partial charge < -0.3 is 10.1 Å². The second-order valence-electron chi connectivity index (χ2n) is 7.80. The van der Waals surface area contributed by atoms with Gasteiger partial charge in [0.25, 0.3) is 15.9 Å². The summed E-state index contributed by atoms with van der Waals surface area (Å²) in [5.74, 6) is 0.293. The average molecular weight is 491 g/mol. The van der Waals surface area contributed by atoms with E-state index < -0.39 is 10.0 Å². The molecule has 1 amide bonds. The van der Waals surface area contributed by atoms with Crippen LogP contribution in [0.15, 0.2) is 96.2 Å². The number of amides is 1. The van der Waals surface area contributed by atoms with Gasteiger partial charge in [0.05, 0.1) is 18.0 Å². The first-order valence-corrected chi connectivity index (χ1v) is 12.6. The standard InChI is InChI=1S/C26H26N4O4S/c1-2-34-24-12-10-23(11-13-24)29-35(32,33)25-9-4-8-22(17-25)26(31)27-18-20-6-3-7-21(16-20)19-30-15-5-14-28-30/h3-17,29H,2,18-19H2,1H3,(H,27,31). The van der Waals surface area contributed by atoms with Crippen LogP contribution in [0, 0.1) is 0 Å². The largest absolute Gasteiger partial charge is 0.494 e. The molecule has 0 bridgehead atoms. The molecule has 1 aromatic heterocycles. The van der Waals surface area contributed by atoms with Crippen LogP contribution < -0.4 is 14.8 Å². The maximum absolute atomic E-state index is 12.9. The first-order valence-electron chi connectivity index (χ1n) is 11.1. The minimum Gasteiger partial charge on any atom is -0.494 e. The molecular formula is C26H26N4O4S. The van der Waals surface area contributed by atoms with Crippen LogP contribution in [-0.2, 0) is 23.1 Å². The summed E-state index contributed by atoms with van der Waals surface area (Å²) >= 11 is 0. The number of sulfonamides is 1. The van der Waals surface area contributed by atoms with Crippen LogP contribution in [0.5, 0.6) is 5.75 Å². The van der Waals surface area contributed by atoms with Crippen molar-refractivity contribution < 1.29 is 17.9 Å². The van der Waals surface area contributed by atoms with Gasteiger partial charge in [0, 0.05) is 30.2 Å². The van der Waals surface area contributed by atoms with E-state index in [0.717, 1.165) is 11.1 Å². The van der Waals surface area contributed by atoms with Gasteiger partial charge in [-0.15, -0.1) is 0 Å². The monoisotopic (exact) mass is 490 g/mol. The molecule has 0 aliphatic heterocycles. The fourth-order valence-corrected chi connectivity index (χ4v) is 4.61. The number of benzene rings is 3. The molecule has 180 valence electrons. The lowest BCUT2D eigenvalue weighted by atomic mass is 10.1. The van der Waals surface area contributed by atoms with E-state index in [0.29, 0.717) is 31.1 Å². The van der Waals surface area contributed by atoms with Crippen molar-refractivity contribution in [2.24, 2.45) is 0 Å². The van der Waals surface area contributed by atoms with Crippen LogP contribution in [0.25, 0.3) is 0 Å². The van der Waals surface area contributed by atoms with E-state index in [1.807, 2.05) is 48.1 Å². The van der Waals surface area contributed by atoms with Gasteiger partial charge in [-0.25, -0.2) is 8.42 Å². The lowest BCUT2D eigenvalue weighted by molar-refractivity contribution is 0.0950. The van der Waals surface area contributed by atoms with Crippen LogP contribution in [0.4, 0.5) is 5.69 Å². The Morgan fingerprint density at radius 2 is 1.74 bits per heavy atom. The zero-order valence-electron chi connectivity index (χ0n) is 19.2. The Kier molecular flexibility index (Phi) is 7.47. The number of nitrogens with one attached hydrogen (secondary N) is 2. The van der Waals surface area contributed by atoms with E-state index in [2.05, 4.69) is 15.1 Å². The van der Waals surface area contributed by atoms with Gasteiger partial charge >= 0.3 is 0 Å². The Bertz CT molecular complexity index is 1390. The normalized spacial score (nSPS) is 11.1. The second-order valence-corrected chi connectivity index (χ2v) is 9.48. The Balaban J connectivity index is 1.40. The summed E-state index contributed by atoms with van der Waals surface area (Å²) in [7, 11) is -3.87. The number of anilines is 1. The van der Waals surface area contributed by atoms with E-state index in [1.165, 1.54) is 12.1 Å². The Labute approximate surface area is 204 Å². The Hall–Kier alpha value is -4.11. The Morgan fingerprint density at radius 1 is 0.971 bits per heavy atom. The van der Waals surface area contributed by atoms with E-state index in [-0.39, 0.29) is 16.4 Å². The number of hydrogen-bond acceptors (Lipinski definition) is 5. The predicted octanol–water partition coefficient (Wildman–Crippen LogP) is 4.06. The number of ether oxygens (including phenoxy) is 1. The minimum absolute atomic E-state index is 0.000236. The smallest absolute Gasteiger partial charge is 0.261 e. The van der Waals surface area contributed by atoms with Gasteiger partial charge in [0.1, 0.15) is 5.75 Å². The molecule has 1 heterocycles. The molecule has 0 aliphatic carbocycles. The van der Waals surface area contributed by atoms with E-state index in [9.17, 15) is 13.2 Å². The molecule has 3 aromatic carbocycles. The highest BCUT2D eigenvalue weighted by molar-refractivity contribution is 7.92. The van der Waals surface area contributed by atoms with Crippen molar-refractivity contribution in [1.82, 2.24) is 15.1 Å². The van der Waals surface area contributed by atoms with E-state index >= 15 is 0 Å². The van der Waals surface area contributed by atoms with Crippen molar-refractivity contribution in [3.8, 4) is 5.75 Å². The molecule has 0 spiro atoms. The van der Waals surface area contributed by atoms with Gasteiger partial charge in [-0.05, 0) is 66.6 Å². The molecule has 0 saturated heterocycles. The van der Waals surface area contributed by atoms with Crippen molar-refractivity contribution in [1.29, 1.82) is 0 Å². The van der Waals surface area contributed by atoms with E-state index in [4.69, 9.17) is 4.74 Å². The van der Waals surface area contributed by atoms with Crippen LogP contribution >= 0.6 is 0 Å². The molecule has 4 rings (SSSR count). The quantitative estimate of drug-likeness (QED) is 0.349. The SMILES string of the molecule is CCOc1ccc(NS(=O)(=O)c2cccc(C(=O)NCc3cccc(Cn4cccn4)c3)c2)cc1. The van der Waals surface area contributed by atoms with Gasteiger partial charge in [-0.1, -0.05) is 30.3 Å². The van der Waals surface area contributed by atoms with Crippen LogP contribution in [0.2, 0.25) is 0 Å². The molecule has 0 radical (unpaired) electrons. The van der Waals surface area contributed by atoms with Crippen molar-refractivity contribution in [3.05, 3.63) is 108 Å². The maximum Gasteiger partial charge on any atom is 0.261 e. The molecule has 0 unspecified atom stereocenters. The Morgan fingerprint density at radius 3 is 2.49 bits per heavy atom. The van der Waals surface area contributed by atoms with Crippen molar-refractivity contribution >= 4 is 21.6 Å². The van der Waals surface area contributed by atoms with Gasteiger partial charge in [0.2, 0.25) is 0 Å². The molecule has 8 nitrogen and oxygen atoms in total. The van der Waals surface area contributed by atoms with Crippen LogP contribution in [0.1, 0.15) is 28.4 Å². The molecule has 4 aromatic rings. The summed E-state index contributed by atoms with van der Waals surface area (Å²) in [5, 5.41) is 7.07. The van der Waals surface area contributed by atoms with Crippen LogP contribution in [0.3, 0.4) is 0 Å². The highest BCUT2D eigenvalue weighted by Crippen LogP contribution is 2.20. The molecule has 0 fully saturated rings. The third kappa shape index (κ3) is 6.48. The fourth-order valence-electron chi connectivity index (χ4n) is 3.51. The lowest BCUT2D eigenvalue weighted by Gasteiger charge is -2.11. The van der Waals surface area contributed by atoms with Crippen molar-refractivity contribution in [3.63, 3.8) is 0 Å². The number of hydrogen-bond donors (Lipinski definition) is 2. The highest BCUT2D eigenvalue weighted by Gasteiger charge is 2.17. The van der Waals surface area contributed by atoms with Gasteiger partial charge in [0.15, 0.2) is 0 Å². The molecule has 9 heteroatoms. The number of carbonyl (C=O) groups excluding carboxylic acids is 1. The van der Waals surface area contributed by atoms with Gasteiger partial charge in [-0.3, -0.25) is 14.2 Å². The summed E-state index contributed by atoms with van der Waals surface area (Å²) in [6, 6.07) is 22.3. The maximum atomic E-state index is 12.9. The first-order chi connectivity index (χ1) is 16.9. The minimum atomic E-state index is -3.87. The molecular weight excluding hydrogens is 464 g/mol. The summed E-state index contributed by atoms with van der Waals surface area (Å²) < 4.78 is 35.4. The van der Waals surface area contributed by atoms with Crippen molar-refractivity contribution in [2.75, 3.05) is 11.3 Å². The summed E-state index contributed by atoms with van der Waals surface area (Å²) in [5.41, 5.74) is 2.66. The lowest BCUT2D eigenvalue weighted by Crippen LogP contribution is -2.23. The zero-order valence-corrected chi connectivity index (χ0v) is 20.0. The third-order valence-corrected chi connectivity index (χ3v) is 6.55. The molecule has 0 atom stereocenters. The number of aromatic nitrogens is 2. The zero-order chi connectivity index (χ0) is 24.7. The third-order valence-electron chi connectivity index (χ3n) is 5.17. The fraction of sp³-hybridized carbons (Fsp3) is 0.154. The summed E-state index contributed by atoms with van der Waals surface area (Å²) in [6.07, 6.45) is 3.62. The molecule has 0 aliphatic rings. The number of rotatable bonds is 10. The number of carbonyl (C=O) groups is 1. The van der Waals surface area contributed by atoms with Crippen LogP contribution in [-0.4, -0.2) is 30.7 Å². The van der Waals surface area contributed by atoms with Crippen molar-refractivity contribution in [2.45, 2.75) is 24.9 Å². The summed E-state index contributed by atoms with van der Waals surface area (Å²) in [6.45, 7) is 3.35. The predicted molar refractivity (Wildman–Crippen MR) is 134 cm³/mol. The van der Waals surface area contributed by atoms with E-state index in [1.54, 1.807) is 42.6 Å². The first kappa shape index (κ1) is 24.0. The average Bonchev–Trinajstić information content (AvgIpc) is 3.37. The molecule has 0 saturated carbocycles. The highest BCUT2D eigenvalue weighted by atomic mass is 32.2. The van der Waals surface area contributed by atoms with Gasteiger partial charge in [-0.2, -0.15) is 5.10 Å². The summed E-state index contributed by atoms with van der Waals surface area (Å²) in [4.78, 5) is 12.7. The molecule has 2 N–H and O–H groups in total. The molecule has 35 heavy (non-hydrogen) atoms.